The highest BCUT2D eigenvalue weighted by Gasteiger charge is 2.13. The van der Waals surface area contributed by atoms with Gasteiger partial charge in [-0.2, -0.15) is 0 Å². The lowest BCUT2D eigenvalue weighted by molar-refractivity contribution is -0.119. The van der Waals surface area contributed by atoms with E-state index in [0.717, 1.165) is 30.0 Å². The number of amides is 1. The van der Waals surface area contributed by atoms with Crippen LogP contribution in [0.25, 0.3) is 0 Å². The number of carbonyl (C=O) groups excluding carboxylic acids is 1. The Bertz CT molecular complexity index is 610. The SMILES string of the molecule is CCC(C)C(=O)Nc1nnc(CCc2ccc(OC)cc2)s1. The average Bonchev–Trinajstić information content (AvgIpc) is 3.00. The third-order valence-corrected chi connectivity index (χ3v) is 4.44. The molecule has 1 atom stereocenters. The minimum Gasteiger partial charge on any atom is -0.497 e. The highest BCUT2D eigenvalue weighted by atomic mass is 32.1. The Kier molecular flexibility index (Phi) is 5.89. The molecule has 0 saturated carbocycles. The van der Waals surface area contributed by atoms with Gasteiger partial charge in [-0.1, -0.05) is 37.3 Å². The zero-order chi connectivity index (χ0) is 15.9. The maximum Gasteiger partial charge on any atom is 0.229 e. The summed E-state index contributed by atoms with van der Waals surface area (Å²) in [5.41, 5.74) is 1.22. The summed E-state index contributed by atoms with van der Waals surface area (Å²) in [6.45, 7) is 3.89. The van der Waals surface area contributed by atoms with Crippen LogP contribution in [0.1, 0.15) is 30.8 Å². The molecule has 0 aliphatic heterocycles. The Balaban J connectivity index is 1.87. The van der Waals surface area contributed by atoms with Crippen LogP contribution < -0.4 is 10.1 Å². The predicted molar refractivity (Wildman–Crippen MR) is 88.4 cm³/mol. The Hall–Kier alpha value is -1.95. The van der Waals surface area contributed by atoms with Crippen molar-refractivity contribution in [3.05, 3.63) is 34.8 Å². The lowest BCUT2D eigenvalue weighted by atomic mass is 10.1. The second-order valence-corrected chi connectivity index (χ2v) is 6.21. The molecule has 1 N–H and O–H groups in total. The van der Waals surface area contributed by atoms with Gasteiger partial charge in [0.15, 0.2) is 0 Å². The molecule has 1 amide bonds. The van der Waals surface area contributed by atoms with Gasteiger partial charge in [0.2, 0.25) is 11.0 Å². The summed E-state index contributed by atoms with van der Waals surface area (Å²) >= 11 is 1.44. The van der Waals surface area contributed by atoms with Crippen LogP contribution in [0.5, 0.6) is 5.75 Å². The highest BCUT2D eigenvalue weighted by molar-refractivity contribution is 7.15. The average molecular weight is 319 g/mol. The maximum atomic E-state index is 11.8. The molecule has 0 aliphatic rings. The van der Waals surface area contributed by atoms with Gasteiger partial charge < -0.3 is 10.1 Å². The zero-order valence-electron chi connectivity index (χ0n) is 13.1. The Morgan fingerprint density at radius 3 is 2.64 bits per heavy atom. The number of methoxy groups -OCH3 is 1. The second-order valence-electron chi connectivity index (χ2n) is 5.15. The van der Waals surface area contributed by atoms with E-state index in [4.69, 9.17) is 4.74 Å². The lowest BCUT2D eigenvalue weighted by Crippen LogP contribution is -2.19. The third-order valence-electron chi connectivity index (χ3n) is 3.54. The van der Waals surface area contributed by atoms with Gasteiger partial charge in [0.25, 0.3) is 0 Å². The number of hydrogen-bond acceptors (Lipinski definition) is 5. The summed E-state index contributed by atoms with van der Waals surface area (Å²) < 4.78 is 5.14. The van der Waals surface area contributed by atoms with Crippen LogP contribution in [0.3, 0.4) is 0 Å². The van der Waals surface area contributed by atoms with Crippen molar-refractivity contribution in [1.82, 2.24) is 10.2 Å². The van der Waals surface area contributed by atoms with E-state index in [1.54, 1.807) is 7.11 Å². The van der Waals surface area contributed by atoms with Crippen LogP contribution >= 0.6 is 11.3 Å². The molecule has 5 nitrogen and oxygen atoms in total. The summed E-state index contributed by atoms with van der Waals surface area (Å²) in [5, 5.41) is 12.5. The smallest absolute Gasteiger partial charge is 0.229 e. The second kappa shape index (κ2) is 7.89. The van der Waals surface area contributed by atoms with E-state index in [-0.39, 0.29) is 11.8 Å². The number of nitrogens with zero attached hydrogens (tertiary/aromatic N) is 2. The van der Waals surface area contributed by atoms with Crippen LogP contribution in [-0.2, 0) is 17.6 Å². The van der Waals surface area contributed by atoms with Gasteiger partial charge in [0.1, 0.15) is 10.8 Å². The first kappa shape index (κ1) is 16.4. The molecule has 0 bridgehead atoms. The van der Waals surface area contributed by atoms with Gasteiger partial charge in [-0.3, -0.25) is 4.79 Å². The molecule has 0 spiro atoms. The fourth-order valence-corrected chi connectivity index (χ4v) is 2.60. The van der Waals surface area contributed by atoms with Gasteiger partial charge in [0.05, 0.1) is 7.11 Å². The first-order chi connectivity index (χ1) is 10.6. The molecule has 2 aromatic rings. The number of aryl methyl sites for hydroxylation is 2. The van der Waals surface area contributed by atoms with E-state index >= 15 is 0 Å². The fourth-order valence-electron chi connectivity index (χ4n) is 1.86. The minimum absolute atomic E-state index is 0.000328. The molecule has 22 heavy (non-hydrogen) atoms. The standard InChI is InChI=1S/C16H21N3O2S/c1-4-11(2)15(20)17-16-19-18-14(22-16)10-7-12-5-8-13(21-3)9-6-12/h5-6,8-9,11H,4,7,10H2,1-3H3,(H,17,19,20). The number of carbonyl (C=O) groups is 1. The minimum atomic E-state index is -0.00773. The molecule has 0 saturated heterocycles. The number of anilines is 1. The van der Waals surface area contributed by atoms with E-state index in [1.807, 2.05) is 38.1 Å². The van der Waals surface area contributed by atoms with Crippen LogP contribution in [0.4, 0.5) is 5.13 Å². The number of ether oxygens (including phenoxy) is 1. The summed E-state index contributed by atoms with van der Waals surface area (Å²) in [7, 11) is 1.66. The van der Waals surface area contributed by atoms with Crippen LogP contribution in [0.2, 0.25) is 0 Å². The highest BCUT2D eigenvalue weighted by Crippen LogP contribution is 2.19. The Morgan fingerprint density at radius 2 is 2.00 bits per heavy atom. The van der Waals surface area contributed by atoms with Crippen LogP contribution in [0.15, 0.2) is 24.3 Å². The normalized spacial score (nSPS) is 12.0. The van der Waals surface area contributed by atoms with E-state index in [0.29, 0.717) is 5.13 Å². The fraction of sp³-hybridized carbons (Fsp3) is 0.438. The Morgan fingerprint density at radius 1 is 1.27 bits per heavy atom. The van der Waals surface area contributed by atoms with Crippen molar-refractivity contribution in [2.75, 3.05) is 12.4 Å². The van der Waals surface area contributed by atoms with E-state index < -0.39 is 0 Å². The molecule has 2 rings (SSSR count). The van der Waals surface area contributed by atoms with Crippen molar-refractivity contribution in [3.63, 3.8) is 0 Å². The summed E-state index contributed by atoms with van der Waals surface area (Å²) in [4.78, 5) is 11.8. The Labute approximate surface area is 134 Å². The van der Waals surface area contributed by atoms with Gasteiger partial charge in [-0.25, -0.2) is 0 Å². The van der Waals surface area contributed by atoms with Gasteiger partial charge >= 0.3 is 0 Å². The van der Waals surface area contributed by atoms with E-state index in [2.05, 4.69) is 15.5 Å². The summed E-state index contributed by atoms with van der Waals surface area (Å²) in [6, 6.07) is 8.00. The number of rotatable bonds is 7. The van der Waals surface area contributed by atoms with Gasteiger partial charge in [0, 0.05) is 12.3 Å². The first-order valence-electron chi connectivity index (χ1n) is 7.38. The molecule has 0 aliphatic carbocycles. The molecular formula is C16H21N3O2S. The molecule has 6 heteroatoms. The number of nitrogens with one attached hydrogen (secondary N) is 1. The molecule has 1 aromatic heterocycles. The molecule has 1 aromatic carbocycles. The van der Waals surface area contributed by atoms with E-state index in [9.17, 15) is 4.79 Å². The molecule has 118 valence electrons. The van der Waals surface area contributed by atoms with Crippen molar-refractivity contribution in [2.45, 2.75) is 33.1 Å². The van der Waals surface area contributed by atoms with Gasteiger partial charge in [-0.15, -0.1) is 10.2 Å². The van der Waals surface area contributed by atoms with Crippen molar-refractivity contribution in [3.8, 4) is 5.75 Å². The zero-order valence-corrected chi connectivity index (χ0v) is 13.9. The molecular weight excluding hydrogens is 298 g/mol. The predicted octanol–water partition coefficient (Wildman–Crippen LogP) is 3.32. The quantitative estimate of drug-likeness (QED) is 0.850. The number of hydrogen-bond donors (Lipinski definition) is 1. The lowest BCUT2D eigenvalue weighted by Gasteiger charge is -2.06. The number of benzene rings is 1. The monoisotopic (exact) mass is 319 g/mol. The van der Waals surface area contributed by atoms with Crippen LogP contribution in [0, 0.1) is 5.92 Å². The number of aromatic nitrogens is 2. The first-order valence-corrected chi connectivity index (χ1v) is 8.20. The van der Waals surface area contributed by atoms with E-state index in [1.165, 1.54) is 16.9 Å². The van der Waals surface area contributed by atoms with Gasteiger partial charge in [-0.05, 0) is 30.5 Å². The van der Waals surface area contributed by atoms with Crippen LogP contribution in [-0.4, -0.2) is 23.2 Å². The third kappa shape index (κ3) is 4.53. The largest absolute Gasteiger partial charge is 0.497 e. The van der Waals surface area contributed by atoms with Crippen molar-refractivity contribution >= 4 is 22.4 Å². The maximum absolute atomic E-state index is 11.8. The van der Waals surface area contributed by atoms with Crippen molar-refractivity contribution in [1.29, 1.82) is 0 Å². The van der Waals surface area contributed by atoms with Crippen molar-refractivity contribution < 1.29 is 9.53 Å². The summed E-state index contributed by atoms with van der Waals surface area (Å²) in [5.74, 6) is 0.849. The molecule has 0 radical (unpaired) electrons. The topological polar surface area (TPSA) is 64.1 Å². The van der Waals surface area contributed by atoms with Crippen molar-refractivity contribution in [2.24, 2.45) is 5.92 Å². The summed E-state index contributed by atoms with van der Waals surface area (Å²) in [6.07, 6.45) is 2.51. The molecule has 0 fully saturated rings. The molecule has 1 heterocycles. The molecule has 1 unspecified atom stereocenters.